The fraction of sp³-hybridized carbons (Fsp3) is 0.143. The summed E-state index contributed by atoms with van der Waals surface area (Å²) in [5.74, 6) is -2.63. The number of carbonyl (C=O) groups is 4. The fourth-order valence-electron chi connectivity index (χ4n) is 1.61. The van der Waals surface area contributed by atoms with Crippen LogP contribution in [-0.4, -0.2) is 36.8 Å². The number of nitrogens with two attached hydrogens (primary N) is 1. The number of amides is 3. The Morgan fingerprint density at radius 2 is 2.04 bits per heavy atom. The molecular formula is C14H13N3O6S. The number of nitrogens with one attached hydrogen (secondary N) is 2. The van der Waals surface area contributed by atoms with E-state index in [0.29, 0.717) is 0 Å². The summed E-state index contributed by atoms with van der Waals surface area (Å²) in [6, 6.07) is 4.44. The van der Waals surface area contributed by atoms with Crippen molar-refractivity contribution in [1.82, 2.24) is 5.32 Å². The van der Waals surface area contributed by atoms with E-state index in [1.807, 2.05) is 0 Å². The van der Waals surface area contributed by atoms with Crippen molar-refractivity contribution in [3.05, 3.63) is 41.2 Å². The Hall–Kier alpha value is -3.14. The summed E-state index contributed by atoms with van der Waals surface area (Å²) in [5, 5.41) is 6.56. The lowest BCUT2D eigenvalue weighted by molar-refractivity contribution is -0.146. The number of carbonyl (C=O) groups excluding carboxylic acids is 4. The van der Waals surface area contributed by atoms with Crippen LogP contribution in [0.3, 0.4) is 0 Å². The van der Waals surface area contributed by atoms with Gasteiger partial charge in [-0.1, -0.05) is 0 Å². The van der Waals surface area contributed by atoms with E-state index in [-0.39, 0.29) is 16.3 Å². The van der Waals surface area contributed by atoms with E-state index in [2.05, 4.69) is 10.6 Å². The van der Waals surface area contributed by atoms with Crippen LogP contribution < -0.4 is 16.4 Å². The predicted octanol–water partition coefficient (Wildman–Crippen LogP) is 0.352. The molecular weight excluding hydrogens is 338 g/mol. The van der Waals surface area contributed by atoms with Crippen molar-refractivity contribution >= 4 is 40.0 Å². The van der Waals surface area contributed by atoms with Gasteiger partial charge in [0.05, 0.1) is 11.8 Å². The predicted molar refractivity (Wildman–Crippen MR) is 83.5 cm³/mol. The van der Waals surface area contributed by atoms with E-state index in [4.69, 9.17) is 14.9 Å². The lowest BCUT2D eigenvalue weighted by Gasteiger charge is -2.06. The van der Waals surface area contributed by atoms with E-state index in [0.717, 1.165) is 11.3 Å². The summed E-state index contributed by atoms with van der Waals surface area (Å²) in [5.41, 5.74) is 5.32. The molecule has 0 radical (unpaired) electrons. The average Bonchev–Trinajstić information content (AvgIpc) is 3.21. The van der Waals surface area contributed by atoms with Crippen LogP contribution in [0.4, 0.5) is 5.00 Å². The first kappa shape index (κ1) is 17.2. The zero-order valence-electron chi connectivity index (χ0n) is 12.2. The lowest BCUT2D eigenvalue weighted by Crippen LogP contribution is -2.32. The van der Waals surface area contributed by atoms with Crippen LogP contribution in [0.15, 0.2) is 34.3 Å². The van der Waals surface area contributed by atoms with Crippen LogP contribution in [0.2, 0.25) is 0 Å². The molecule has 24 heavy (non-hydrogen) atoms. The van der Waals surface area contributed by atoms with Crippen LogP contribution in [0, 0.1) is 0 Å². The van der Waals surface area contributed by atoms with E-state index < -0.39 is 36.8 Å². The third kappa shape index (κ3) is 4.68. The zero-order chi connectivity index (χ0) is 17.5. The van der Waals surface area contributed by atoms with Gasteiger partial charge < -0.3 is 25.5 Å². The summed E-state index contributed by atoms with van der Waals surface area (Å²) in [4.78, 5) is 45.8. The second kappa shape index (κ2) is 7.92. The first-order valence-electron chi connectivity index (χ1n) is 6.62. The van der Waals surface area contributed by atoms with Crippen molar-refractivity contribution < 1.29 is 28.3 Å². The molecule has 2 rings (SSSR count). The Morgan fingerprint density at radius 3 is 2.71 bits per heavy atom. The van der Waals surface area contributed by atoms with Crippen molar-refractivity contribution in [2.75, 3.05) is 18.5 Å². The highest BCUT2D eigenvalue weighted by Gasteiger charge is 2.15. The monoisotopic (exact) mass is 351 g/mol. The van der Waals surface area contributed by atoms with Crippen LogP contribution in [0.1, 0.15) is 20.9 Å². The molecule has 126 valence electrons. The van der Waals surface area contributed by atoms with E-state index >= 15 is 0 Å². The summed E-state index contributed by atoms with van der Waals surface area (Å²) in [6.07, 6.45) is 1.32. The Bertz CT molecular complexity index is 752. The van der Waals surface area contributed by atoms with Crippen molar-refractivity contribution in [3.8, 4) is 0 Å². The SMILES string of the molecule is NC(=O)c1ccsc1NC(=O)COC(=O)CNC(=O)c1ccco1. The number of rotatable bonds is 7. The van der Waals surface area contributed by atoms with Gasteiger partial charge in [-0.15, -0.1) is 11.3 Å². The largest absolute Gasteiger partial charge is 0.459 e. The number of hydrogen-bond donors (Lipinski definition) is 3. The third-order valence-electron chi connectivity index (χ3n) is 2.69. The van der Waals surface area contributed by atoms with Crippen molar-refractivity contribution in [3.63, 3.8) is 0 Å². The fourth-order valence-corrected chi connectivity index (χ4v) is 2.42. The van der Waals surface area contributed by atoms with Crippen LogP contribution >= 0.6 is 11.3 Å². The molecule has 0 aliphatic heterocycles. The molecule has 9 nitrogen and oxygen atoms in total. The molecule has 2 aromatic heterocycles. The number of esters is 1. The topological polar surface area (TPSA) is 141 Å². The first-order valence-corrected chi connectivity index (χ1v) is 7.50. The average molecular weight is 351 g/mol. The van der Waals surface area contributed by atoms with Gasteiger partial charge in [0.1, 0.15) is 11.5 Å². The minimum absolute atomic E-state index is 0.0530. The lowest BCUT2D eigenvalue weighted by atomic mass is 10.3. The number of hydrogen-bond acceptors (Lipinski definition) is 7. The molecule has 0 atom stereocenters. The van der Waals surface area contributed by atoms with Crippen LogP contribution in [-0.2, 0) is 14.3 Å². The van der Waals surface area contributed by atoms with Gasteiger partial charge in [-0.25, -0.2) is 0 Å². The van der Waals surface area contributed by atoms with Crippen molar-refractivity contribution in [2.45, 2.75) is 0 Å². The van der Waals surface area contributed by atoms with Crippen molar-refractivity contribution in [1.29, 1.82) is 0 Å². The Balaban J connectivity index is 1.73. The standard InChI is InChI=1S/C14H13N3O6S/c15-12(20)8-3-5-24-14(8)17-10(18)7-23-11(19)6-16-13(21)9-2-1-4-22-9/h1-5H,6-7H2,(H2,15,20)(H,16,21)(H,17,18). The minimum atomic E-state index is -0.800. The number of thiophene rings is 1. The Kier molecular flexibility index (Phi) is 5.68. The summed E-state index contributed by atoms with van der Waals surface area (Å²) in [6.45, 7) is -0.982. The highest BCUT2D eigenvalue weighted by atomic mass is 32.1. The number of anilines is 1. The van der Waals surface area contributed by atoms with Gasteiger partial charge in [0, 0.05) is 0 Å². The molecule has 2 aromatic rings. The minimum Gasteiger partial charge on any atom is -0.459 e. The molecule has 4 N–H and O–H groups in total. The Labute approximate surface area is 139 Å². The highest BCUT2D eigenvalue weighted by molar-refractivity contribution is 7.14. The smallest absolute Gasteiger partial charge is 0.325 e. The molecule has 0 aliphatic carbocycles. The van der Waals surface area contributed by atoms with Gasteiger partial charge in [-0.05, 0) is 23.6 Å². The Morgan fingerprint density at radius 1 is 1.25 bits per heavy atom. The van der Waals surface area contributed by atoms with Crippen LogP contribution in [0.5, 0.6) is 0 Å². The normalized spacial score (nSPS) is 10.0. The van der Waals surface area contributed by atoms with Gasteiger partial charge in [-0.3, -0.25) is 19.2 Å². The van der Waals surface area contributed by atoms with E-state index in [1.165, 1.54) is 24.5 Å². The molecule has 0 fully saturated rings. The number of primary amides is 1. The maximum absolute atomic E-state index is 11.7. The van der Waals surface area contributed by atoms with Crippen molar-refractivity contribution in [2.24, 2.45) is 5.73 Å². The molecule has 10 heteroatoms. The summed E-state index contributed by atoms with van der Waals surface area (Å²) >= 11 is 1.11. The quantitative estimate of drug-likeness (QED) is 0.615. The molecule has 0 unspecified atom stereocenters. The van der Waals surface area contributed by atoms with E-state index in [1.54, 1.807) is 5.38 Å². The van der Waals surface area contributed by atoms with E-state index in [9.17, 15) is 19.2 Å². The molecule has 0 aromatic carbocycles. The molecule has 3 amide bonds. The maximum Gasteiger partial charge on any atom is 0.325 e. The molecule has 2 heterocycles. The molecule has 0 bridgehead atoms. The van der Waals surface area contributed by atoms with Gasteiger partial charge in [0.15, 0.2) is 12.4 Å². The first-order chi connectivity index (χ1) is 11.5. The second-order valence-corrected chi connectivity index (χ2v) is 5.31. The highest BCUT2D eigenvalue weighted by Crippen LogP contribution is 2.22. The molecule has 0 spiro atoms. The molecule has 0 aliphatic rings. The number of furan rings is 1. The zero-order valence-corrected chi connectivity index (χ0v) is 13.1. The summed E-state index contributed by atoms with van der Waals surface area (Å²) < 4.78 is 9.56. The van der Waals surface area contributed by atoms with Crippen LogP contribution in [0.25, 0.3) is 0 Å². The third-order valence-corrected chi connectivity index (χ3v) is 3.52. The number of ether oxygens (including phenoxy) is 1. The van der Waals surface area contributed by atoms with Gasteiger partial charge >= 0.3 is 5.97 Å². The van der Waals surface area contributed by atoms with Gasteiger partial charge in [-0.2, -0.15) is 0 Å². The molecule has 0 saturated heterocycles. The molecule has 0 saturated carbocycles. The maximum atomic E-state index is 11.7. The van der Waals surface area contributed by atoms with Gasteiger partial charge in [0.25, 0.3) is 17.7 Å². The van der Waals surface area contributed by atoms with Gasteiger partial charge in [0.2, 0.25) is 0 Å². The second-order valence-electron chi connectivity index (χ2n) is 4.40. The summed E-state index contributed by atoms with van der Waals surface area (Å²) in [7, 11) is 0.